The van der Waals surface area contributed by atoms with Gasteiger partial charge in [0, 0.05) is 27.8 Å². The highest BCUT2D eigenvalue weighted by Crippen LogP contribution is 2.44. The number of nitrogens with zero attached hydrogens (tertiary/aromatic N) is 3. The number of aromatic nitrogens is 3. The molecule has 0 fully saturated rings. The number of benzene rings is 8. The van der Waals surface area contributed by atoms with Gasteiger partial charge in [-0.25, -0.2) is 15.0 Å². The summed E-state index contributed by atoms with van der Waals surface area (Å²) in [6.07, 6.45) is 7.66. The quantitative estimate of drug-likeness (QED) is 0.171. The van der Waals surface area contributed by atoms with Gasteiger partial charge in [0.1, 0.15) is 11.2 Å². The van der Waals surface area contributed by atoms with Crippen molar-refractivity contribution in [2.75, 3.05) is 0 Å². The second-order valence-electron chi connectivity index (χ2n) is 14.6. The van der Waals surface area contributed by atoms with Crippen molar-refractivity contribution in [1.82, 2.24) is 15.0 Å². The van der Waals surface area contributed by atoms with Gasteiger partial charge in [-0.2, -0.15) is 0 Å². The maximum Gasteiger partial charge on any atom is 0.167 e. The van der Waals surface area contributed by atoms with Crippen LogP contribution in [0, 0.1) is 0 Å². The van der Waals surface area contributed by atoms with Gasteiger partial charge in [-0.05, 0) is 67.9 Å². The van der Waals surface area contributed by atoms with Crippen LogP contribution in [-0.4, -0.2) is 15.0 Å². The first-order chi connectivity index (χ1) is 28.3. The fraction of sp³-hybridized carbons (Fsp3) is 0.0377. The largest absolute Gasteiger partial charge is 0.455 e. The lowest BCUT2D eigenvalue weighted by Gasteiger charge is -2.24. The predicted molar refractivity (Wildman–Crippen MR) is 235 cm³/mol. The molecule has 0 saturated heterocycles. The molecule has 0 aliphatic heterocycles. The average Bonchev–Trinajstić information content (AvgIpc) is 3.68. The van der Waals surface area contributed by atoms with Gasteiger partial charge in [0.25, 0.3) is 0 Å². The Bertz CT molecular complexity index is 3210. The Labute approximate surface area is 330 Å². The van der Waals surface area contributed by atoms with E-state index >= 15 is 0 Å². The summed E-state index contributed by atoms with van der Waals surface area (Å²) in [5.41, 5.74) is 10.6. The van der Waals surface area contributed by atoms with E-state index in [-0.39, 0.29) is 5.92 Å². The molecular weight excluding hydrogens is 695 g/mol. The maximum absolute atomic E-state index is 6.47. The minimum absolute atomic E-state index is 0.0675. The molecule has 0 N–H and O–H groups in total. The van der Waals surface area contributed by atoms with Crippen LogP contribution < -0.4 is 0 Å². The standard InChI is InChI=1S/C53H35N3O/c1-3-15-34(16-4-1)39-31-32-43(42-24-10-9-23-41(39)42)45-30-29-35-17-7-8-22-40(35)49(45)37-20-13-21-38(33-37)52-54-51(36-18-5-2-6-19-36)55-53(56-52)47-27-14-26-46-44-25-11-12-28-48(44)57-50(46)47/h1-19,21-33,37H,20H2. The SMILES string of the molecule is C1=CC(c2nc(-c3ccccc3)nc(-c3cccc4c3oc3ccccc34)n2)=CC(c2c(-c3ccc(-c4ccccc4)c4ccccc34)ccc3ccccc23)C1. The third-order valence-electron chi connectivity index (χ3n) is 11.3. The van der Waals surface area contributed by atoms with Crippen LogP contribution in [0.15, 0.2) is 199 Å². The maximum atomic E-state index is 6.47. The number of allylic oxidation sites excluding steroid dienone is 4. The number of para-hydroxylation sites is 2. The van der Waals surface area contributed by atoms with Crippen molar-refractivity contribution in [3.8, 4) is 45.0 Å². The summed E-state index contributed by atoms with van der Waals surface area (Å²) in [4.78, 5) is 15.5. The predicted octanol–water partition coefficient (Wildman–Crippen LogP) is 13.9. The molecule has 1 unspecified atom stereocenters. The van der Waals surface area contributed by atoms with E-state index in [9.17, 15) is 0 Å². The van der Waals surface area contributed by atoms with Crippen molar-refractivity contribution in [3.05, 3.63) is 206 Å². The Morgan fingerprint density at radius 1 is 0.421 bits per heavy atom. The number of hydrogen-bond donors (Lipinski definition) is 0. The lowest BCUT2D eigenvalue weighted by molar-refractivity contribution is 0.669. The molecule has 57 heavy (non-hydrogen) atoms. The number of rotatable bonds is 6. The molecule has 0 spiro atoms. The zero-order valence-corrected chi connectivity index (χ0v) is 31.0. The fourth-order valence-corrected chi connectivity index (χ4v) is 8.63. The Hall–Kier alpha value is -7.43. The molecule has 11 rings (SSSR count). The smallest absolute Gasteiger partial charge is 0.167 e. The minimum Gasteiger partial charge on any atom is -0.455 e. The minimum atomic E-state index is 0.0675. The summed E-state index contributed by atoms with van der Waals surface area (Å²) in [5.74, 6) is 1.90. The van der Waals surface area contributed by atoms with Crippen molar-refractivity contribution in [2.45, 2.75) is 12.3 Å². The number of hydrogen-bond acceptors (Lipinski definition) is 4. The molecule has 1 aliphatic carbocycles. The highest BCUT2D eigenvalue weighted by Gasteiger charge is 2.24. The molecule has 10 aromatic rings. The van der Waals surface area contributed by atoms with Gasteiger partial charge in [0.15, 0.2) is 17.5 Å². The second kappa shape index (κ2) is 13.7. The lowest BCUT2D eigenvalue weighted by atomic mass is 9.80. The molecule has 1 aliphatic rings. The average molecular weight is 730 g/mol. The molecule has 2 heterocycles. The van der Waals surface area contributed by atoms with Crippen LogP contribution >= 0.6 is 0 Å². The second-order valence-corrected chi connectivity index (χ2v) is 14.6. The van der Waals surface area contributed by atoms with Gasteiger partial charge in [-0.3, -0.25) is 0 Å². The highest BCUT2D eigenvalue weighted by molar-refractivity contribution is 6.09. The molecule has 1 atom stereocenters. The monoisotopic (exact) mass is 729 g/mol. The summed E-state index contributed by atoms with van der Waals surface area (Å²) >= 11 is 0. The zero-order chi connectivity index (χ0) is 37.7. The van der Waals surface area contributed by atoms with E-state index in [1.54, 1.807) is 0 Å². The van der Waals surface area contributed by atoms with Crippen molar-refractivity contribution in [3.63, 3.8) is 0 Å². The number of furan rings is 1. The van der Waals surface area contributed by atoms with E-state index in [1.165, 1.54) is 49.4 Å². The van der Waals surface area contributed by atoms with Gasteiger partial charge < -0.3 is 4.42 Å². The molecule has 0 radical (unpaired) electrons. The van der Waals surface area contributed by atoms with Gasteiger partial charge in [0.2, 0.25) is 0 Å². The molecule has 0 amide bonds. The van der Waals surface area contributed by atoms with Crippen LogP contribution in [0.4, 0.5) is 0 Å². The van der Waals surface area contributed by atoms with Crippen LogP contribution in [0.1, 0.15) is 23.7 Å². The van der Waals surface area contributed by atoms with Crippen molar-refractivity contribution >= 4 is 49.1 Å². The van der Waals surface area contributed by atoms with Crippen LogP contribution in [0.5, 0.6) is 0 Å². The first kappa shape index (κ1) is 33.0. The molecule has 2 aromatic heterocycles. The van der Waals surface area contributed by atoms with Crippen molar-refractivity contribution < 1.29 is 4.42 Å². The van der Waals surface area contributed by atoms with Crippen LogP contribution in [0.25, 0.3) is 94.1 Å². The topological polar surface area (TPSA) is 51.8 Å². The molecular formula is C53H35N3O. The van der Waals surface area contributed by atoms with E-state index in [0.29, 0.717) is 17.5 Å². The molecule has 268 valence electrons. The highest BCUT2D eigenvalue weighted by atomic mass is 16.3. The third-order valence-corrected chi connectivity index (χ3v) is 11.3. The van der Waals surface area contributed by atoms with Crippen molar-refractivity contribution in [1.29, 1.82) is 0 Å². The van der Waals surface area contributed by atoms with Gasteiger partial charge in [-0.15, -0.1) is 0 Å². The van der Waals surface area contributed by atoms with E-state index in [2.05, 4.69) is 140 Å². The van der Waals surface area contributed by atoms with Crippen LogP contribution in [-0.2, 0) is 0 Å². The summed E-state index contributed by atoms with van der Waals surface area (Å²) in [6, 6.07) is 61.9. The van der Waals surface area contributed by atoms with Crippen LogP contribution in [0.3, 0.4) is 0 Å². The Morgan fingerprint density at radius 2 is 1.04 bits per heavy atom. The zero-order valence-electron chi connectivity index (χ0n) is 31.0. The third kappa shape index (κ3) is 5.73. The Balaban J connectivity index is 1.10. The summed E-state index contributed by atoms with van der Waals surface area (Å²) in [6.45, 7) is 0. The summed E-state index contributed by atoms with van der Waals surface area (Å²) in [7, 11) is 0. The molecule has 0 saturated carbocycles. The van der Waals surface area contributed by atoms with Gasteiger partial charge in [-0.1, -0.05) is 182 Å². The van der Waals surface area contributed by atoms with Gasteiger partial charge in [0.05, 0.1) is 5.56 Å². The van der Waals surface area contributed by atoms with Gasteiger partial charge >= 0.3 is 0 Å². The van der Waals surface area contributed by atoms with E-state index in [4.69, 9.17) is 19.4 Å². The van der Waals surface area contributed by atoms with E-state index in [0.717, 1.165) is 45.1 Å². The molecule has 0 bridgehead atoms. The van der Waals surface area contributed by atoms with Crippen molar-refractivity contribution in [2.24, 2.45) is 0 Å². The Morgan fingerprint density at radius 3 is 1.86 bits per heavy atom. The lowest BCUT2D eigenvalue weighted by Crippen LogP contribution is -2.07. The summed E-state index contributed by atoms with van der Waals surface area (Å²) < 4.78 is 6.47. The van der Waals surface area contributed by atoms with Crippen LogP contribution in [0.2, 0.25) is 0 Å². The summed E-state index contributed by atoms with van der Waals surface area (Å²) in [5, 5.41) is 7.06. The number of fused-ring (bicyclic) bond motifs is 5. The molecule has 8 aromatic carbocycles. The normalized spacial score (nSPS) is 14.1. The molecule has 4 nitrogen and oxygen atoms in total. The Kier molecular flexibility index (Phi) is 7.92. The first-order valence-corrected chi connectivity index (χ1v) is 19.5. The first-order valence-electron chi connectivity index (χ1n) is 19.5. The van der Waals surface area contributed by atoms with E-state index in [1.807, 2.05) is 54.6 Å². The fourth-order valence-electron chi connectivity index (χ4n) is 8.63. The van der Waals surface area contributed by atoms with E-state index < -0.39 is 0 Å². The molecule has 4 heteroatoms.